The lowest BCUT2D eigenvalue weighted by Crippen LogP contribution is -2.49. The third-order valence-corrected chi connectivity index (χ3v) is 6.90. The summed E-state index contributed by atoms with van der Waals surface area (Å²) in [6, 6.07) is 0. The number of alkyl halides is 1. The van der Waals surface area contributed by atoms with E-state index in [1.54, 1.807) is 6.92 Å². The van der Waals surface area contributed by atoms with Crippen LogP contribution in [0.5, 0.6) is 0 Å². The van der Waals surface area contributed by atoms with Crippen molar-refractivity contribution in [2.24, 2.45) is 0 Å². The summed E-state index contributed by atoms with van der Waals surface area (Å²) in [6.07, 6.45) is 1.12. The van der Waals surface area contributed by atoms with Gasteiger partial charge in [-0.1, -0.05) is 22.9 Å². The predicted molar refractivity (Wildman–Crippen MR) is 70.4 cm³/mol. The summed E-state index contributed by atoms with van der Waals surface area (Å²) in [5.74, 6) is -0.901. The minimum absolute atomic E-state index is 0.0667. The highest BCUT2D eigenvalue weighted by atomic mass is 79.9. The van der Waals surface area contributed by atoms with E-state index in [0.717, 1.165) is 6.42 Å². The van der Waals surface area contributed by atoms with Crippen molar-refractivity contribution < 1.29 is 23.2 Å². The monoisotopic (exact) mass is 328 g/mol. The molecule has 0 spiro atoms. The Morgan fingerprint density at radius 3 is 2.00 bits per heavy atom. The van der Waals surface area contributed by atoms with Gasteiger partial charge in [0.1, 0.15) is 4.32 Å². The quantitative estimate of drug-likeness (QED) is 0.547. The summed E-state index contributed by atoms with van der Waals surface area (Å²) in [4.78, 5) is 11.1. The zero-order valence-corrected chi connectivity index (χ0v) is 13.5. The van der Waals surface area contributed by atoms with Crippen LogP contribution in [0.2, 0.25) is 5.54 Å². The molecule has 0 aliphatic heterocycles. The Bertz CT molecular complexity index is 247. The fourth-order valence-electron chi connectivity index (χ4n) is 1.82. The summed E-state index contributed by atoms with van der Waals surface area (Å²) in [6.45, 7) is 3.59. The van der Waals surface area contributed by atoms with E-state index in [2.05, 4.69) is 15.9 Å². The van der Waals surface area contributed by atoms with Gasteiger partial charge in [-0.3, -0.25) is 4.79 Å². The molecule has 0 aromatic heterocycles. The Kier molecular flexibility index (Phi) is 6.86. The van der Waals surface area contributed by atoms with Gasteiger partial charge in [-0.15, -0.1) is 0 Å². The molecule has 0 amide bonds. The van der Waals surface area contributed by atoms with Crippen LogP contribution >= 0.6 is 15.9 Å². The van der Waals surface area contributed by atoms with Gasteiger partial charge >= 0.3 is 14.8 Å². The molecule has 0 aliphatic carbocycles. The van der Waals surface area contributed by atoms with Crippen LogP contribution in [0.25, 0.3) is 0 Å². The average Bonchev–Trinajstić information content (AvgIpc) is 2.30. The second-order valence-electron chi connectivity index (χ2n) is 4.03. The van der Waals surface area contributed by atoms with Crippen LogP contribution in [0.1, 0.15) is 26.7 Å². The molecule has 0 rings (SSSR count). The molecule has 0 aliphatic rings. The lowest BCUT2D eigenvalue weighted by molar-refractivity contribution is -0.139. The largest absolute Gasteiger partial charge is 0.503 e. The highest BCUT2D eigenvalue weighted by molar-refractivity contribution is 9.10. The molecular formula is C10H21BrO5Si. The summed E-state index contributed by atoms with van der Waals surface area (Å²) in [5.41, 5.74) is -0.0667. The average molecular weight is 329 g/mol. The van der Waals surface area contributed by atoms with Gasteiger partial charge in [0.2, 0.25) is 0 Å². The zero-order valence-electron chi connectivity index (χ0n) is 10.9. The number of rotatable bonds is 8. The molecule has 0 fully saturated rings. The van der Waals surface area contributed by atoms with Crippen molar-refractivity contribution in [2.75, 3.05) is 21.3 Å². The van der Waals surface area contributed by atoms with Gasteiger partial charge in [-0.2, -0.15) is 0 Å². The third kappa shape index (κ3) is 4.03. The maximum Gasteiger partial charge on any atom is 0.503 e. The maximum atomic E-state index is 11.1. The highest BCUT2D eigenvalue weighted by Crippen LogP contribution is 2.38. The minimum atomic E-state index is -2.80. The summed E-state index contributed by atoms with van der Waals surface area (Å²) in [7, 11) is 1.81. The van der Waals surface area contributed by atoms with E-state index in [1.807, 2.05) is 6.92 Å². The molecule has 0 saturated heterocycles. The second-order valence-corrected chi connectivity index (χ2v) is 9.03. The summed E-state index contributed by atoms with van der Waals surface area (Å²) >= 11 is 3.22. The lowest BCUT2D eigenvalue weighted by atomic mass is 10.0. The van der Waals surface area contributed by atoms with Gasteiger partial charge < -0.3 is 18.4 Å². The van der Waals surface area contributed by atoms with E-state index < -0.39 is 19.1 Å². The number of carbonyl (C=O) groups is 1. The molecule has 1 N–H and O–H groups in total. The van der Waals surface area contributed by atoms with Crippen LogP contribution in [0.3, 0.4) is 0 Å². The van der Waals surface area contributed by atoms with Gasteiger partial charge in [0.15, 0.2) is 0 Å². The first-order valence-corrected chi connectivity index (χ1v) is 7.96. The minimum Gasteiger partial charge on any atom is -0.480 e. The van der Waals surface area contributed by atoms with Crippen LogP contribution in [0.4, 0.5) is 0 Å². The Hall–Kier alpha value is 0.0469. The second kappa shape index (κ2) is 6.84. The first kappa shape index (κ1) is 17.0. The molecule has 0 saturated carbocycles. The smallest absolute Gasteiger partial charge is 0.480 e. The van der Waals surface area contributed by atoms with E-state index in [-0.39, 0.29) is 5.54 Å². The Labute approximate surface area is 112 Å². The van der Waals surface area contributed by atoms with E-state index >= 15 is 0 Å². The number of halogens is 1. The standard InChI is InChI=1S/C10H21BrO5Si/c1-6-8(7-10(2,11)9(12)13)17(14-3,15-4)16-5/h8H,6-7H2,1-5H3,(H,12,13). The molecule has 2 unspecified atom stereocenters. The topological polar surface area (TPSA) is 65.0 Å². The van der Waals surface area contributed by atoms with Gasteiger partial charge in [0.25, 0.3) is 0 Å². The number of aliphatic carboxylic acids is 1. The van der Waals surface area contributed by atoms with E-state index in [1.165, 1.54) is 21.3 Å². The first-order chi connectivity index (χ1) is 7.79. The Morgan fingerprint density at radius 2 is 1.76 bits per heavy atom. The van der Waals surface area contributed by atoms with Crippen molar-refractivity contribution in [1.82, 2.24) is 0 Å². The number of carboxylic acid groups (broad SMARTS) is 1. The normalized spacial score (nSPS) is 17.5. The molecule has 0 heterocycles. The van der Waals surface area contributed by atoms with Crippen molar-refractivity contribution >= 4 is 30.7 Å². The number of hydrogen-bond acceptors (Lipinski definition) is 4. The van der Waals surface area contributed by atoms with Gasteiger partial charge in [0, 0.05) is 26.9 Å². The van der Waals surface area contributed by atoms with Crippen LogP contribution in [0, 0.1) is 0 Å². The Morgan fingerprint density at radius 1 is 1.35 bits per heavy atom. The van der Waals surface area contributed by atoms with Crippen LogP contribution in [-0.2, 0) is 18.1 Å². The fraction of sp³-hybridized carbons (Fsp3) is 0.900. The Balaban J connectivity index is 5.00. The highest BCUT2D eigenvalue weighted by Gasteiger charge is 2.49. The summed E-state index contributed by atoms with van der Waals surface area (Å²) in [5, 5.41) is 9.12. The molecule has 0 radical (unpaired) electrons. The number of carboxylic acids is 1. The maximum absolute atomic E-state index is 11.1. The molecule has 17 heavy (non-hydrogen) atoms. The molecule has 102 valence electrons. The summed E-state index contributed by atoms with van der Waals surface area (Å²) < 4.78 is 15.2. The van der Waals surface area contributed by atoms with E-state index in [0.29, 0.717) is 6.42 Å². The molecular weight excluding hydrogens is 308 g/mol. The first-order valence-electron chi connectivity index (χ1n) is 5.37. The van der Waals surface area contributed by atoms with Crippen molar-refractivity contribution in [1.29, 1.82) is 0 Å². The predicted octanol–water partition coefficient (Wildman–Crippen LogP) is 2.27. The van der Waals surface area contributed by atoms with Crippen molar-refractivity contribution in [3.8, 4) is 0 Å². The lowest BCUT2D eigenvalue weighted by Gasteiger charge is -2.34. The van der Waals surface area contributed by atoms with Gasteiger partial charge in [0.05, 0.1) is 0 Å². The van der Waals surface area contributed by atoms with Crippen LogP contribution < -0.4 is 0 Å². The van der Waals surface area contributed by atoms with Crippen molar-refractivity contribution in [3.63, 3.8) is 0 Å². The molecule has 0 aromatic carbocycles. The van der Waals surface area contributed by atoms with Gasteiger partial charge in [-0.25, -0.2) is 0 Å². The molecule has 7 heteroatoms. The van der Waals surface area contributed by atoms with Crippen molar-refractivity contribution in [3.05, 3.63) is 0 Å². The molecule has 5 nitrogen and oxygen atoms in total. The van der Waals surface area contributed by atoms with E-state index in [4.69, 9.17) is 18.4 Å². The molecule has 0 aromatic rings. The molecule has 0 bridgehead atoms. The zero-order chi connectivity index (χ0) is 13.7. The molecule has 2 atom stereocenters. The van der Waals surface area contributed by atoms with Crippen molar-refractivity contribution in [2.45, 2.75) is 36.6 Å². The number of hydrogen-bond donors (Lipinski definition) is 1. The SMILES string of the molecule is CCC(CC(C)(Br)C(=O)O)[Si](OC)(OC)OC. The van der Waals surface area contributed by atoms with Crippen LogP contribution in [0.15, 0.2) is 0 Å². The van der Waals surface area contributed by atoms with Gasteiger partial charge in [-0.05, 0) is 19.8 Å². The fourth-order valence-corrected chi connectivity index (χ4v) is 5.17. The van der Waals surface area contributed by atoms with E-state index in [9.17, 15) is 4.79 Å². The van der Waals surface area contributed by atoms with Crippen LogP contribution in [-0.4, -0.2) is 45.5 Å². The third-order valence-electron chi connectivity index (χ3n) is 2.92.